The van der Waals surface area contributed by atoms with Gasteiger partial charge in [-0.15, -0.1) is 0 Å². The molecule has 2 amide bonds. The Morgan fingerprint density at radius 1 is 1.50 bits per heavy atom. The molecule has 0 radical (unpaired) electrons. The molecule has 18 heavy (non-hydrogen) atoms. The van der Waals surface area contributed by atoms with Crippen LogP contribution in [0.25, 0.3) is 0 Å². The maximum Gasteiger partial charge on any atom is 0.243 e. The molecule has 0 bridgehead atoms. The highest BCUT2D eigenvalue weighted by atomic mass is 35.5. The van der Waals surface area contributed by atoms with Gasteiger partial charge in [-0.2, -0.15) is 5.26 Å². The van der Waals surface area contributed by atoms with Gasteiger partial charge < -0.3 is 10.2 Å². The van der Waals surface area contributed by atoms with Crippen molar-refractivity contribution in [3.63, 3.8) is 0 Å². The number of hydrogen-bond acceptors (Lipinski definition) is 3. The molecule has 5 nitrogen and oxygen atoms in total. The number of anilines is 1. The molecule has 6 heteroatoms. The Labute approximate surface area is 110 Å². The van der Waals surface area contributed by atoms with Crippen LogP contribution in [0, 0.1) is 11.3 Å². The Kier molecular flexibility index (Phi) is 5.15. The maximum absolute atomic E-state index is 11.6. The Morgan fingerprint density at radius 3 is 2.83 bits per heavy atom. The summed E-state index contributed by atoms with van der Waals surface area (Å²) in [6.45, 7) is -0.104. The molecule has 0 aliphatic carbocycles. The van der Waals surface area contributed by atoms with E-state index in [1.165, 1.54) is 11.9 Å². The van der Waals surface area contributed by atoms with Crippen molar-refractivity contribution in [2.45, 2.75) is 6.42 Å². The summed E-state index contributed by atoms with van der Waals surface area (Å²) in [6.07, 6.45) is -0.235. The van der Waals surface area contributed by atoms with Crippen LogP contribution in [-0.4, -0.2) is 30.3 Å². The predicted octanol–water partition coefficient (Wildman–Crippen LogP) is 1.65. The SMILES string of the molecule is CN(CC(=O)Nc1cccc(Cl)c1)C(=O)CC#N. The van der Waals surface area contributed by atoms with E-state index in [0.717, 1.165) is 0 Å². The Balaban J connectivity index is 2.52. The smallest absolute Gasteiger partial charge is 0.243 e. The molecule has 94 valence electrons. The van der Waals surface area contributed by atoms with E-state index in [1.807, 2.05) is 0 Å². The first-order valence-corrected chi connectivity index (χ1v) is 5.57. The van der Waals surface area contributed by atoms with Crippen molar-refractivity contribution >= 4 is 29.1 Å². The number of carbonyl (C=O) groups is 2. The van der Waals surface area contributed by atoms with Gasteiger partial charge in [-0.1, -0.05) is 17.7 Å². The molecular weight excluding hydrogens is 254 g/mol. The number of carbonyl (C=O) groups excluding carboxylic acids is 2. The van der Waals surface area contributed by atoms with Crippen LogP contribution < -0.4 is 5.32 Å². The molecule has 0 saturated carbocycles. The summed E-state index contributed by atoms with van der Waals surface area (Å²) in [4.78, 5) is 24.1. The zero-order chi connectivity index (χ0) is 13.5. The lowest BCUT2D eigenvalue weighted by molar-refractivity contribution is -0.132. The average molecular weight is 266 g/mol. The van der Waals surface area contributed by atoms with Crippen LogP contribution >= 0.6 is 11.6 Å². The van der Waals surface area contributed by atoms with Gasteiger partial charge in [0.2, 0.25) is 11.8 Å². The van der Waals surface area contributed by atoms with E-state index in [1.54, 1.807) is 30.3 Å². The number of nitrogens with zero attached hydrogens (tertiary/aromatic N) is 2. The van der Waals surface area contributed by atoms with Gasteiger partial charge in [-0.3, -0.25) is 9.59 Å². The highest BCUT2D eigenvalue weighted by Crippen LogP contribution is 2.14. The largest absolute Gasteiger partial charge is 0.336 e. The summed E-state index contributed by atoms with van der Waals surface area (Å²) in [7, 11) is 1.47. The van der Waals surface area contributed by atoms with Gasteiger partial charge in [0.05, 0.1) is 12.6 Å². The van der Waals surface area contributed by atoms with Gasteiger partial charge in [-0.05, 0) is 18.2 Å². The lowest BCUT2D eigenvalue weighted by Gasteiger charge is -2.15. The van der Waals surface area contributed by atoms with E-state index in [9.17, 15) is 9.59 Å². The summed E-state index contributed by atoms with van der Waals surface area (Å²) in [6, 6.07) is 8.45. The van der Waals surface area contributed by atoms with E-state index < -0.39 is 5.91 Å². The molecule has 0 aromatic heterocycles. The Hall–Kier alpha value is -2.06. The Morgan fingerprint density at radius 2 is 2.22 bits per heavy atom. The minimum atomic E-state index is -0.390. The standard InChI is InChI=1S/C12H12ClN3O2/c1-16(12(18)5-6-14)8-11(17)15-10-4-2-3-9(13)7-10/h2-4,7H,5,8H2,1H3,(H,15,17). The first kappa shape index (κ1) is 14.0. The molecule has 0 saturated heterocycles. The van der Waals surface area contributed by atoms with Gasteiger partial charge in [0, 0.05) is 17.8 Å². The number of nitriles is 1. The third kappa shape index (κ3) is 4.44. The summed E-state index contributed by atoms with van der Waals surface area (Å²) < 4.78 is 0. The molecule has 0 atom stereocenters. The number of rotatable bonds is 4. The zero-order valence-electron chi connectivity index (χ0n) is 9.81. The summed E-state index contributed by atoms with van der Waals surface area (Å²) >= 11 is 5.77. The first-order chi connectivity index (χ1) is 8.52. The van der Waals surface area contributed by atoms with Crippen LogP contribution in [0.1, 0.15) is 6.42 Å². The zero-order valence-corrected chi connectivity index (χ0v) is 10.6. The third-order valence-electron chi connectivity index (χ3n) is 2.15. The second kappa shape index (κ2) is 6.62. The van der Waals surface area contributed by atoms with E-state index in [4.69, 9.17) is 16.9 Å². The maximum atomic E-state index is 11.6. The van der Waals surface area contributed by atoms with Crippen molar-refractivity contribution in [2.24, 2.45) is 0 Å². The molecule has 1 aromatic rings. The third-order valence-corrected chi connectivity index (χ3v) is 2.38. The fraction of sp³-hybridized carbons (Fsp3) is 0.250. The van der Waals surface area contributed by atoms with Crippen LogP contribution in [0.3, 0.4) is 0 Å². The molecule has 1 aromatic carbocycles. The quantitative estimate of drug-likeness (QED) is 0.900. The van der Waals surface area contributed by atoms with Gasteiger partial charge in [0.25, 0.3) is 0 Å². The van der Waals surface area contributed by atoms with E-state index in [2.05, 4.69) is 5.32 Å². The van der Waals surface area contributed by atoms with Crippen molar-refractivity contribution in [2.75, 3.05) is 18.9 Å². The lowest BCUT2D eigenvalue weighted by atomic mass is 10.3. The second-order valence-electron chi connectivity index (χ2n) is 3.64. The van der Waals surface area contributed by atoms with Crippen molar-refractivity contribution in [3.8, 4) is 6.07 Å². The molecule has 0 aliphatic heterocycles. The summed E-state index contributed by atoms with van der Waals surface area (Å²) in [5, 5.41) is 11.5. The van der Waals surface area contributed by atoms with Crippen molar-refractivity contribution in [1.82, 2.24) is 4.90 Å². The van der Waals surface area contributed by atoms with Gasteiger partial charge >= 0.3 is 0 Å². The van der Waals surface area contributed by atoms with Crippen LogP contribution in [0.5, 0.6) is 0 Å². The van der Waals surface area contributed by atoms with E-state index in [-0.39, 0.29) is 18.9 Å². The van der Waals surface area contributed by atoms with Crippen molar-refractivity contribution < 1.29 is 9.59 Å². The van der Waals surface area contributed by atoms with Crippen LogP contribution in [0.15, 0.2) is 24.3 Å². The molecule has 1 N–H and O–H groups in total. The van der Waals surface area contributed by atoms with Crippen molar-refractivity contribution in [1.29, 1.82) is 5.26 Å². The topological polar surface area (TPSA) is 73.2 Å². The van der Waals surface area contributed by atoms with E-state index >= 15 is 0 Å². The number of nitrogens with one attached hydrogen (secondary N) is 1. The molecule has 1 rings (SSSR count). The minimum absolute atomic E-state index is 0.104. The molecule has 0 heterocycles. The summed E-state index contributed by atoms with van der Waals surface area (Å²) in [5.74, 6) is -0.732. The van der Waals surface area contributed by atoms with Crippen molar-refractivity contribution in [3.05, 3.63) is 29.3 Å². The number of benzene rings is 1. The minimum Gasteiger partial charge on any atom is -0.336 e. The predicted molar refractivity (Wildman–Crippen MR) is 67.9 cm³/mol. The molecular formula is C12H12ClN3O2. The van der Waals surface area contributed by atoms with Crippen LogP contribution in [-0.2, 0) is 9.59 Å². The van der Waals surface area contributed by atoms with Gasteiger partial charge in [-0.25, -0.2) is 0 Å². The number of likely N-dealkylation sites (N-methyl/N-ethyl adjacent to an activating group) is 1. The lowest BCUT2D eigenvalue weighted by Crippen LogP contribution is -2.34. The second-order valence-corrected chi connectivity index (χ2v) is 4.08. The molecule has 0 fully saturated rings. The Bertz CT molecular complexity index is 496. The molecule has 0 spiro atoms. The number of amides is 2. The average Bonchev–Trinajstić information content (AvgIpc) is 2.28. The fourth-order valence-corrected chi connectivity index (χ4v) is 1.46. The van der Waals surface area contributed by atoms with Crippen LogP contribution in [0.2, 0.25) is 5.02 Å². The fourth-order valence-electron chi connectivity index (χ4n) is 1.27. The van der Waals surface area contributed by atoms with Gasteiger partial charge in [0.15, 0.2) is 0 Å². The highest BCUT2D eigenvalue weighted by Gasteiger charge is 2.12. The highest BCUT2D eigenvalue weighted by molar-refractivity contribution is 6.30. The van der Waals surface area contributed by atoms with Gasteiger partial charge in [0.1, 0.15) is 6.42 Å². The number of hydrogen-bond donors (Lipinski definition) is 1. The molecule has 0 unspecified atom stereocenters. The monoisotopic (exact) mass is 265 g/mol. The normalized spacial score (nSPS) is 9.39. The van der Waals surface area contributed by atoms with E-state index in [0.29, 0.717) is 10.7 Å². The first-order valence-electron chi connectivity index (χ1n) is 5.19. The molecule has 0 aliphatic rings. The van der Waals surface area contributed by atoms with Crippen LogP contribution in [0.4, 0.5) is 5.69 Å². The number of halogens is 1. The summed E-state index contributed by atoms with van der Waals surface area (Å²) in [5.41, 5.74) is 0.564.